The number of anilines is 1. The molecule has 0 atom stereocenters. The molecule has 2 rings (SSSR count). The number of pyridine rings is 1. The van der Waals surface area contributed by atoms with Gasteiger partial charge in [-0.05, 0) is 48.2 Å². The Balaban J connectivity index is 2.15. The molecule has 0 saturated heterocycles. The average molecular weight is 263 g/mol. The van der Waals surface area contributed by atoms with Crippen LogP contribution in [0.15, 0.2) is 36.5 Å². The highest BCUT2D eigenvalue weighted by Crippen LogP contribution is 2.24. The molecule has 0 spiro atoms. The van der Waals surface area contributed by atoms with Crippen molar-refractivity contribution in [3.8, 4) is 5.75 Å². The maximum atomic E-state index is 5.99. The quantitative estimate of drug-likeness (QED) is 0.921. The molecule has 0 aliphatic rings. The lowest BCUT2D eigenvalue weighted by atomic mass is 10.0. The Morgan fingerprint density at radius 3 is 2.72 bits per heavy atom. The van der Waals surface area contributed by atoms with Gasteiger partial charge in [-0.3, -0.25) is 0 Å². The first-order chi connectivity index (χ1) is 8.70. The van der Waals surface area contributed by atoms with E-state index in [1.807, 2.05) is 30.3 Å². The van der Waals surface area contributed by atoms with E-state index < -0.39 is 0 Å². The fourth-order valence-corrected chi connectivity index (χ4v) is 2.07. The maximum absolute atomic E-state index is 5.99. The van der Waals surface area contributed by atoms with Crippen LogP contribution in [0.2, 0.25) is 5.02 Å². The number of ether oxygens (including phenoxy) is 1. The third-order valence-corrected chi connectivity index (χ3v) is 3.07. The van der Waals surface area contributed by atoms with Gasteiger partial charge in [0, 0.05) is 11.2 Å². The summed E-state index contributed by atoms with van der Waals surface area (Å²) in [6.07, 6.45) is 3.33. The van der Waals surface area contributed by atoms with E-state index in [1.165, 1.54) is 0 Å². The van der Waals surface area contributed by atoms with Crippen molar-refractivity contribution >= 4 is 17.4 Å². The van der Waals surface area contributed by atoms with Crippen molar-refractivity contribution in [3.05, 3.63) is 52.7 Å². The van der Waals surface area contributed by atoms with Crippen molar-refractivity contribution in [1.82, 2.24) is 4.98 Å². The molecule has 2 aromatic rings. The first-order valence-corrected chi connectivity index (χ1v) is 6.10. The zero-order valence-electron chi connectivity index (χ0n) is 10.2. The predicted octanol–water partition coefficient (Wildman–Crippen LogP) is 3.11. The lowest BCUT2D eigenvalue weighted by Gasteiger charge is -2.09. The van der Waals surface area contributed by atoms with Crippen molar-refractivity contribution in [2.45, 2.75) is 12.8 Å². The summed E-state index contributed by atoms with van der Waals surface area (Å²) in [6, 6.07) is 9.50. The summed E-state index contributed by atoms with van der Waals surface area (Å²) in [5, 5.41) is 0.713. The summed E-state index contributed by atoms with van der Waals surface area (Å²) in [5.74, 6) is 1.43. The third-order valence-electron chi connectivity index (χ3n) is 2.83. The number of benzene rings is 1. The lowest BCUT2D eigenvalue weighted by molar-refractivity contribution is 0.409. The maximum Gasteiger partial charge on any atom is 0.126 e. The number of rotatable bonds is 4. The van der Waals surface area contributed by atoms with E-state index in [-0.39, 0.29) is 0 Å². The van der Waals surface area contributed by atoms with Gasteiger partial charge in [-0.2, -0.15) is 0 Å². The van der Waals surface area contributed by atoms with Gasteiger partial charge in [-0.1, -0.05) is 17.7 Å². The van der Waals surface area contributed by atoms with Crippen molar-refractivity contribution in [2.24, 2.45) is 0 Å². The zero-order valence-corrected chi connectivity index (χ0v) is 10.9. The highest BCUT2D eigenvalue weighted by molar-refractivity contribution is 6.30. The molecule has 0 amide bonds. The summed E-state index contributed by atoms with van der Waals surface area (Å²) < 4.78 is 5.31. The monoisotopic (exact) mass is 262 g/mol. The molecule has 18 heavy (non-hydrogen) atoms. The van der Waals surface area contributed by atoms with Crippen LogP contribution >= 0.6 is 11.6 Å². The molecule has 0 aliphatic carbocycles. The van der Waals surface area contributed by atoms with Crippen molar-refractivity contribution < 1.29 is 4.74 Å². The van der Waals surface area contributed by atoms with E-state index in [4.69, 9.17) is 22.1 Å². The van der Waals surface area contributed by atoms with Crippen LogP contribution in [0.3, 0.4) is 0 Å². The van der Waals surface area contributed by atoms with E-state index in [0.717, 1.165) is 29.7 Å². The smallest absolute Gasteiger partial charge is 0.126 e. The van der Waals surface area contributed by atoms with Crippen LogP contribution in [0.5, 0.6) is 5.75 Å². The Kier molecular flexibility index (Phi) is 4.05. The largest absolute Gasteiger partial charge is 0.496 e. The minimum atomic E-state index is 0.582. The van der Waals surface area contributed by atoms with Gasteiger partial charge in [0.25, 0.3) is 0 Å². The van der Waals surface area contributed by atoms with Gasteiger partial charge in [-0.15, -0.1) is 0 Å². The minimum absolute atomic E-state index is 0.582. The van der Waals surface area contributed by atoms with Crippen LogP contribution < -0.4 is 10.5 Å². The summed E-state index contributed by atoms with van der Waals surface area (Å²) in [6.45, 7) is 0. The molecule has 1 heterocycles. The van der Waals surface area contributed by atoms with Crippen LogP contribution in [0.1, 0.15) is 11.1 Å². The first-order valence-electron chi connectivity index (χ1n) is 5.72. The van der Waals surface area contributed by atoms with Gasteiger partial charge in [0.1, 0.15) is 11.6 Å². The van der Waals surface area contributed by atoms with Gasteiger partial charge in [0.2, 0.25) is 0 Å². The predicted molar refractivity (Wildman–Crippen MR) is 74.1 cm³/mol. The number of halogens is 1. The SMILES string of the molecule is COc1ccc(Cl)cc1CCc1cccnc1N. The number of aromatic nitrogens is 1. The molecule has 0 unspecified atom stereocenters. The van der Waals surface area contributed by atoms with Crippen molar-refractivity contribution in [2.75, 3.05) is 12.8 Å². The Bertz CT molecular complexity index is 543. The Labute approximate surface area is 112 Å². The van der Waals surface area contributed by atoms with Crippen LogP contribution in [0, 0.1) is 0 Å². The van der Waals surface area contributed by atoms with Gasteiger partial charge in [-0.25, -0.2) is 4.98 Å². The second-order valence-corrected chi connectivity index (χ2v) is 4.44. The summed E-state index contributed by atoms with van der Waals surface area (Å²) in [7, 11) is 1.66. The molecule has 0 radical (unpaired) electrons. The van der Waals surface area contributed by atoms with Gasteiger partial charge in [0.05, 0.1) is 7.11 Å². The molecule has 0 aliphatic heterocycles. The Morgan fingerprint density at radius 2 is 2.00 bits per heavy atom. The van der Waals surface area contributed by atoms with E-state index in [9.17, 15) is 0 Å². The van der Waals surface area contributed by atoms with Gasteiger partial charge in [0.15, 0.2) is 0 Å². The van der Waals surface area contributed by atoms with Crippen LogP contribution in [0.4, 0.5) is 5.82 Å². The number of hydrogen-bond donors (Lipinski definition) is 1. The van der Waals surface area contributed by atoms with Crippen LogP contribution in [-0.2, 0) is 12.8 Å². The zero-order chi connectivity index (χ0) is 13.0. The number of hydrogen-bond acceptors (Lipinski definition) is 3. The Hall–Kier alpha value is -1.74. The van der Waals surface area contributed by atoms with E-state index in [1.54, 1.807) is 13.3 Å². The van der Waals surface area contributed by atoms with Crippen LogP contribution in [-0.4, -0.2) is 12.1 Å². The second-order valence-electron chi connectivity index (χ2n) is 4.00. The minimum Gasteiger partial charge on any atom is -0.496 e. The van der Waals surface area contributed by atoms with Crippen molar-refractivity contribution in [1.29, 1.82) is 0 Å². The van der Waals surface area contributed by atoms with Crippen molar-refractivity contribution in [3.63, 3.8) is 0 Å². The molecule has 3 nitrogen and oxygen atoms in total. The molecular weight excluding hydrogens is 248 g/mol. The fraction of sp³-hybridized carbons (Fsp3) is 0.214. The summed E-state index contributed by atoms with van der Waals surface area (Å²) in [5.41, 5.74) is 7.94. The second kappa shape index (κ2) is 5.74. The topological polar surface area (TPSA) is 48.1 Å². The molecular formula is C14H15ClN2O. The third kappa shape index (κ3) is 2.93. The molecule has 0 fully saturated rings. The summed E-state index contributed by atoms with van der Waals surface area (Å²) >= 11 is 5.99. The number of nitrogen functional groups attached to an aromatic ring is 1. The highest BCUT2D eigenvalue weighted by Gasteiger charge is 2.06. The van der Waals surface area contributed by atoms with E-state index in [2.05, 4.69) is 4.98 Å². The van der Waals surface area contributed by atoms with E-state index in [0.29, 0.717) is 10.8 Å². The fourth-order valence-electron chi connectivity index (χ4n) is 1.87. The molecule has 1 aromatic heterocycles. The van der Waals surface area contributed by atoms with E-state index >= 15 is 0 Å². The molecule has 0 saturated carbocycles. The molecule has 2 N–H and O–H groups in total. The Morgan fingerprint density at radius 1 is 1.22 bits per heavy atom. The average Bonchev–Trinajstić information content (AvgIpc) is 2.38. The molecule has 94 valence electrons. The van der Waals surface area contributed by atoms with Gasteiger partial charge < -0.3 is 10.5 Å². The number of methoxy groups -OCH3 is 1. The number of nitrogens with two attached hydrogens (primary N) is 1. The lowest BCUT2D eigenvalue weighted by Crippen LogP contribution is -2.00. The number of nitrogens with zero attached hydrogens (tertiary/aromatic N) is 1. The summed E-state index contributed by atoms with van der Waals surface area (Å²) in [4.78, 5) is 4.07. The molecule has 0 bridgehead atoms. The molecule has 1 aromatic carbocycles. The molecule has 4 heteroatoms. The highest BCUT2D eigenvalue weighted by atomic mass is 35.5. The van der Waals surface area contributed by atoms with Crippen LogP contribution in [0.25, 0.3) is 0 Å². The van der Waals surface area contributed by atoms with Gasteiger partial charge >= 0.3 is 0 Å². The standard InChI is InChI=1S/C14H15ClN2O/c1-18-13-7-6-12(15)9-11(13)5-4-10-3-2-8-17-14(10)16/h2-3,6-9H,4-5H2,1H3,(H2,16,17). The normalized spacial score (nSPS) is 10.3. The number of aryl methyl sites for hydroxylation is 2. The first kappa shape index (κ1) is 12.7.